The molecule has 5 nitrogen and oxygen atoms in total. The van der Waals surface area contributed by atoms with Gasteiger partial charge in [-0.2, -0.15) is 0 Å². The maximum absolute atomic E-state index is 11.7. The number of hydrogen-bond acceptors (Lipinski definition) is 4. The molecule has 3 aromatic rings. The number of hydrogen-bond donors (Lipinski definition) is 0. The fourth-order valence-corrected chi connectivity index (χ4v) is 2.30. The van der Waals surface area contributed by atoms with Gasteiger partial charge < -0.3 is 9.47 Å². The molecule has 2 heterocycles. The third-order valence-electron chi connectivity index (χ3n) is 3.12. The predicted octanol–water partition coefficient (Wildman–Crippen LogP) is 3.35. The summed E-state index contributed by atoms with van der Waals surface area (Å²) in [5.74, 6) is 0.253. The molecule has 0 fully saturated rings. The first-order chi connectivity index (χ1) is 10.7. The monoisotopic (exact) mass is 316 g/mol. The second-order valence-corrected chi connectivity index (χ2v) is 5.05. The van der Waals surface area contributed by atoms with Crippen molar-refractivity contribution in [2.24, 2.45) is 0 Å². The number of imidazole rings is 1. The Morgan fingerprint density at radius 2 is 2.09 bits per heavy atom. The molecule has 0 spiro atoms. The summed E-state index contributed by atoms with van der Waals surface area (Å²) >= 11 is 5.91. The number of aromatic nitrogens is 2. The van der Waals surface area contributed by atoms with Crippen LogP contribution in [0.2, 0.25) is 5.02 Å². The highest BCUT2D eigenvalue weighted by Crippen LogP contribution is 2.18. The minimum atomic E-state index is -0.412. The number of pyridine rings is 1. The van der Waals surface area contributed by atoms with Crippen molar-refractivity contribution >= 4 is 23.2 Å². The molecule has 0 aliphatic heterocycles. The van der Waals surface area contributed by atoms with Gasteiger partial charge in [0.15, 0.2) is 0 Å². The van der Waals surface area contributed by atoms with E-state index in [1.165, 1.54) is 7.11 Å². The van der Waals surface area contributed by atoms with Crippen LogP contribution in [0.4, 0.5) is 0 Å². The van der Waals surface area contributed by atoms with E-state index in [9.17, 15) is 4.79 Å². The van der Waals surface area contributed by atoms with Crippen molar-refractivity contribution in [1.29, 1.82) is 0 Å². The van der Waals surface area contributed by atoms with E-state index in [1.54, 1.807) is 34.9 Å². The van der Waals surface area contributed by atoms with Crippen molar-refractivity contribution < 1.29 is 14.3 Å². The van der Waals surface area contributed by atoms with Crippen LogP contribution in [0.3, 0.4) is 0 Å². The summed E-state index contributed by atoms with van der Waals surface area (Å²) in [4.78, 5) is 16.2. The maximum Gasteiger partial charge on any atom is 0.355 e. The number of rotatable bonds is 4. The van der Waals surface area contributed by atoms with Gasteiger partial charge in [-0.15, -0.1) is 0 Å². The first kappa shape index (κ1) is 14.4. The standard InChI is InChI=1S/C16H13ClN2O3/c1-21-16(20)14-6-3-7-15-18-12(9-19(14)15)10-22-13-5-2-4-11(17)8-13/h2-9H,10H2,1H3. The molecule has 0 atom stereocenters. The van der Waals surface area contributed by atoms with E-state index >= 15 is 0 Å². The average Bonchev–Trinajstić information content (AvgIpc) is 2.95. The van der Waals surface area contributed by atoms with E-state index in [2.05, 4.69) is 4.98 Å². The molecule has 2 aromatic heterocycles. The van der Waals surface area contributed by atoms with Crippen molar-refractivity contribution in [2.75, 3.05) is 7.11 Å². The summed E-state index contributed by atoms with van der Waals surface area (Å²) < 4.78 is 12.1. The van der Waals surface area contributed by atoms with Crippen LogP contribution in [0, 0.1) is 0 Å². The average molecular weight is 317 g/mol. The Labute approximate surface area is 132 Å². The molecule has 0 aliphatic carbocycles. The Balaban J connectivity index is 1.85. The van der Waals surface area contributed by atoms with Crippen LogP contribution in [-0.2, 0) is 11.3 Å². The number of methoxy groups -OCH3 is 1. The van der Waals surface area contributed by atoms with Crippen LogP contribution in [0.15, 0.2) is 48.7 Å². The molecule has 0 saturated carbocycles. The zero-order valence-corrected chi connectivity index (χ0v) is 12.6. The fraction of sp³-hybridized carbons (Fsp3) is 0.125. The van der Waals surface area contributed by atoms with Crippen LogP contribution in [0.5, 0.6) is 5.75 Å². The van der Waals surface area contributed by atoms with Crippen LogP contribution in [0.1, 0.15) is 16.2 Å². The molecule has 6 heteroatoms. The minimum Gasteiger partial charge on any atom is -0.487 e. The molecule has 0 saturated heterocycles. The maximum atomic E-state index is 11.7. The van der Waals surface area contributed by atoms with Gasteiger partial charge in [-0.25, -0.2) is 9.78 Å². The Kier molecular flexibility index (Phi) is 3.98. The fourth-order valence-electron chi connectivity index (χ4n) is 2.12. The molecular weight excluding hydrogens is 304 g/mol. The van der Waals surface area contributed by atoms with Gasteiger partial charge in [0.1, 0.15) is 23.7 Å². The van der Waals surface area contributed by atoms with Gasteiger partial charge in [-0.05, 0) is 30.3 Å². The van der Waals surface area contributed by atoms with Crippen LogP contribution < -0.4 is 4.74 Å². The van der Waals surface area contributed by atoms with E-state index in [4.69, 9.17) is 21.1 Å². The molecule has 3 rings (SSSR count). The lowest BCUT2D eigenvalue weighted by molar-refractivity contribution is 0.0592. The smallest absolute Gasteiger partial charge is 0.355 e. The van der Waals surface area contributed by atoms with E-state index in [-0.39, 0.29) is 6.61 Å². The lowest BCUT2D eigenvalue weighted by atomic mass is 10.3. The molecular formula is C16H13ClN2O3. The van der Waals surface area contributed by atoms with Crippen molar-refractivity contribution in [1.82, 2.24) is 9.38 Å². The second kappa shape index (κ2) is 6.07. The predicted molar refractivity (Wildman–Crippen MR) is 82.3 cm³/mol. The molecule has 22 heavy (non-hydrogen) atoms. The van der Waals surface area contributed by atoms with Gasteiger partial charge in [0.2, 0.25) is 0 Å². The number of fused-ring (bicyclic) bond motifs is 1. The van der Waals surface area contributed by atoms with Crippen molar-refractivity contribution in [3.8, 4) is 5.75 Å². The normalized spacial score (nSPS) is 10.6. The summed E-state index contributed by atoms with van der Waals surface area (Å²) in [5, 5.41) is 0.612. The lowest BCUT2D eigenvalue weighted by Gasteiger charge is -2.03. The van der Waals surface area contributed by atoms with E-state index in [0.717, 1.165) is 0 Å². The molecule has 0 radical (unpaired) electrons. The SMILES string of the molecule is COC(=O)c1cccc2nc(COc3cccc(Cl)c3)cn12. The van der Waals surface area contributed by atoms with Gasteiger partial charge >= 0.3 is 5.97 Å². The van der Waals surface area contributed by atoms with Gasteiger partial charge in [0.25, 0.3) is 0 Å². The quantitative estimate of drug-likeness (QED) is 0.693. The Bertz CT molecular complexity index is 829. The Morgan fingerprint density at radius 3 is 2.86 bits per heavy atom. The number of halogens is 1. The van der Waals surface area contributed by atoms with Crippen LogP contribution >= 0.6 is 11.6 Å². The highest BCUT2D eigenvalue weighted by atomic mass is 35.5. The summed E-state index contributed by atoms with van der Waals surface area (Å²) in [7, 11) is 1.35. The van der Waals surface area contributed by atoms with E-state index in [0.29, 0.717) is 27.8 Å². The topological polar surface area (TPSA) is 52.8 Å². The molecule has 0 unspecified atom stereocenters. The molecule has 0 N–H and O–H groups in total. The first-order valence-electron chi connectivity index (χ1n) is 6.61. The van der Waals surface area contributed by atoms with E-state index in [1.807, 2.05) is 18.2 Å². The van der Waals surface area contributed by atoms with Crippen LogP contribution in [-0.4, -0.2) is 22.5 Å². The minimum absolute atomic E-state index is 0.280. The largest absolute Gasteiger partial charge is 0.487 e. The summed E-state index contributed by atoms with van der Waals surface area (Å²) in [6.45, 7) is 0.280. The van der Waals surface area contributed by atoms with Gasteiger partial charge in [0, 0.05) is 11.2 Å². The summed E-state index contributed by atoms with van der Waals surface area (Å²) in [6, 6.07) is 12.4. The zero-order valence-electron chi connectivity index (χ0n) is 11.8. The zero-order chi connectivity index (χ0) is 15.5. The number of ether oxygens (including phenoxy) is 2. The second-order valence-electron chi connectivity index (χ2n) is 4.61. The number of carbonyl (C=O) groups excluding carboxylic acids is 1. The van der Waals surface area contributed by atoms with Gasteiger partial charge in [0.05, 0.1) is 12.8 Å². The summed E-state index contributed by atoms with van der Waals surface area (Å²) in [5.41, 5.74) is 1.78. The van der Waals surface area contributed by atoms with Gasteiger partial charge in [-0.1, -0.05) is 23.7 Å². The lowest BCUT2D eigenvalue weighted by Crippen LogP contribution is -2.07. The first-order valence-corrected chi connectivity index (χ1v) is 6.99. The Morgan fingerprint density at radius 1 is 1.27 bits per heavy atom. The molecule has 0 amide bonds. The van der Waals surface area contributed by atoms with Crippen molar-refractivity contribution in [3.63, 3.8) is 0 Å². The molecule has 0 bridgehead atoms. The highest BCUT2D eigenvalue weighted by Gasteiger charge is 2.12. The third kappa shape index (κ3) is 2.89. The van der Waals surface area contributed by atoms with E-state index < -0.39 is 5.97 Å². The van der Waals surface area contributed by atoms with Crippen LogP contribution in [0.25, 0.3) is 5.65 Å². The molecule has 0 aliphatic rings. The third-order valence-corrected chi connectivity index (χ3v) is 3.35. The summed E-state index contributed by atoms with van der Waals surface area (Å²) in [6.07, 6.45) is 1.76. The number of carbonyl (C=O) groups is 1. The number of nitrogens with zero attached hydrogens (tertiary/aromatic N) is 2. The molecule has 112 valence electrons. The number of benzene rings is 1. The highest BCUT2D eigenvalue weighted by molar-refractivity contribution is 6.30. The van der Waals surface area contributed by atoms with Gasteiger partial charge in [-0.3, -0.25) is 4.40 Å². The number of esters is 1. The van der Waals surface area contributed by atoms with Crippen molar-refractivity contribution in [2.45, 2.75) is 6.61 Å². The Hall–Kier alpha value is -2.53. The van der Waals surface area contributed by atoms with Crippen molar-refractivity contribution in [3.05, 3.63) is 65.1 Å². The molecule has 1 aromatic carbocycles.